The molecule has 0 aliphatic rings. The van der Waals surface area contributed by atoms with Gasteiger partial charge < -0.3 is 25.2 Å². The molecule has 8 heteroatoms. The van der Waals surface area contributed by atoms with Gasteiger partial charge in [0.15, 0.2) is 18.1 Å². The molecule has 0 fully saturated rings. The van der Waals surface area contributed by atoms with Crippen molar-refractivity contribution in [1.29, 1.82) is 0 Å². The smallest absolute Gasteiger partial charge is 0.258 e. The summed E-state index contributed by atoms with van der Waals surface area (Å²) < 4.78 is 12.1. The van der Waals surface area contributed by atoms with E-state index in [0.717, 1.165) is 5.56 Å². The van der Waals surface area contributed by atoms with E-state index in [0.29, 0.717) is 29.1 Å². The van der Waals surface area contributed by atoms with Crippen molar-refractivity contribution in [3.05, 3.63) is 22.2 Å². The van der Waals surface area contributed by atoms with Crippen molar-refractivity contribution in [3.63, 3.8) is 0 Å². The van der Waals surface area contributed by atoms with Gasteiger partial charge in [0.2, 0.25) is 0 Å². The fourth-order valence-electron chi connectivity index (χ4n) is 2.12. The van der Waals surface area contributed by atoms with Gasteiger partial charge in [-0.2, -0.15) is 0 Å². The van der Waals surface area contributed by atoms with Crippen LogP contribution in [0.4, 0.5) is 0 Å². The van der Waals surface area contributed by atoms with Gasteiger partial charge in [-0.25, -0.2) is 0 Å². The molecule has 0 saturated heterocycles. The quantitative estimate of drug-likeness (QED) is 0.518. The lowest BCUT2D eigenvalue weighted by molar-refractivity contribution is -0.124. The lowest BCUT2D eigenvalue weighted by Crippen LogP contribution is -2.43. The molecule has 0 aliphatic carbocycles. The summed E-state index contributed by atoms with van der Waals surface area (Å²) in [7, 11) is 0. The Bertz CT molecular complexity index is 618. The monoisotopic (exact) mass is 466 g/mol. The molecule has 0 heterocycles. The van der Waals surface area contributed by atoms with Gasteiger partial charge in [0.05, 0.1) is 17.7 Å². The molecule has 0 radical (unpaired) electrons. The molecule has 0 spiro atoms. The Morgan fingerprint density at radius 2 is 1.81 bits per heavy atom. The molecule has 27 heavy (non-hydrogen) atoms. The fraction of sp³-hybridized carbons (Fsp3) is 0.632. The van der Waals surface area contributed by atoms with Crippen LogP contribution in [-0.2, 0) is 11.3 Å². The number of amides is 1. The maximum absolute atomic E-state index is 12.0. The van der Waals surface area contributed by atoms with E-state index in [4.69, 9.17) is 9.47 Å². The molecule has 1 aromatic carbocycles. The van der Waals surface area contributed by atoms with Gasteiger partial charge in [0.1, 0.15) is 0 Å². The van der Waals surface area contributed by atoms with Gasteiger partial charge in [-0.15, -0.1) is 12.4 Å². The van der Waals surface area contributed by atoms with Gasteiger partial charge >= 0.3 is 0 Å². The Balaban J connectivity index is 0.00000676. The highest BCUT2D eigenvalue weighted by Gasteiger charge is 2.19. The van der Waals surface area contributed by atoms with Crippen molar-refractivity contribution in [2.75, 3.05) is 19.8 Å². The molecular formula is C19H32BrClN2O4. The molecule has 0 aromatic heterocycles. The van der Waals surface area contributed by atoms with Crippen LogP contribution in [0.15, 0.2) is 16.6 Å². The highest BCUT2D eigenvalue weighted by Crippen LogP contribution is 2.37. The molecule has 3 N–H and O–H groups in total. The van der Waals surface area contributed by atoms with E-state index < -0.39 is 0 Å². The highest BCUT2D eigenvalue weighted by molar-refractivity contribution is 9.10. The van der Waals surface area contributed by atoms with Crippen LogP contribution in [0.3, 0.4) is 0 Å². The van der Waals surface area contributed by atoms with E-state index in [1.54, 1.807) is 0 Å². The Morgan fingerprint density at radius 1 is 1.19 bits per heavy atom. The van der Waals surface area contributed by atoms with Crippen molar-refractivity contribution in [2.24, 2.45) is 0 Å². The van der Waals surface area contributed by atoms with Crippen molar-refractivity contribution < 1.29 is 19.4 Å². The zero-order valence-electron chi connectivity index (χ0n) is 16.9. The first kappa shape index (κ1) is 26.0. The number of hydrogen-bond donors (Lipinski definition) is 3. The van der Waals surface area contributed by atoms with Crippen LogP contribution >= 0.6 is 28.3 Å². The number of halogens is 2. The van der Waals surface area contributed by atoms with Crippen LogP contribution in [0.1, 0.15) is 47.1 Å². The largest absolute Gasteiger partial charge is 0.490 e. The van der Waals surface area contributed by atoms with Crippen LogP contribution in [0.25, 0.3) is 0 Å². The summed E-state index contributed by atoms with van der Waals surface area (Å²) in [5.41, 5.74) is 0.293. The molecule has 1 aromatic rings. The van der Waals surface area contributed by atoms with Crippen LogP contribution < -0.4 is 20.1 Å². The van der Waals surface area contributed by atoms with Crippen LogP contribution in [0.2, 0.25) is 0 Å². The molecule has 0 atom stereocenters. The molecule has 156 valence electrons. The minimum absolute atomic E-state index is 0. The molecule has 6 nitrogen and oxygen atoms in total. The van der Waals surface area contributed by atoms with Crippen LogP contribution in [0, 0.1) is 0 Å². The number of rotatable bonds is 9. The summed E-state index contributed by atoms with van der Waals surface area (Å²) in [6.45, 7) is 12.5. The van der Waals surface area contributed by atoms with E-state index in [2.05, 4.69) is 26.6 Å². The van der Waals surface area contributed by atoms with Gasteiger partial charge in [-0.3, -0.25) is 4.79 Å². The second-order valence-electron chi connectivity index (χ2n) is 7.82. The summed E-state index contributed by atoms with van der Waals surface area (Å²) in [6.07, 6.45) is 0. The minimum atomic E-state index is -0.377. The lowest BCUT2D eigenvalue weighted by atomic mass is 10.1. The van der Waals surface area contributed by atoms with Crippen molar-refractivity contribution in [1.82, 2.24) is 10.6 Å². The Kier molecular flexibility index (Phi) is 10.7. The molecule has 0 saturated carbocycles. The average molecular weight is 468 g/mol. The van der Waals surface area contributed by atoms with Crippen LogP contribution in [-0.4, -0.2) is 41.9 Å². The van der Waals surface area contributed by atoms with E-state index in [9.17, 15) is 9.90 Å². The average Bonchev–Trinajstić information content (AvgIpc) is 2.51. The number of aliphatic hydroxyl groups is 1. The SMILES string of the molecule is CCOc1cc(CNC(C)(C)CO)cc(Br)c1OCC(=O)NC(C)(C)C.Cl. The maximum atomic E-state index is 12.0. The first-order chi connectivity index (χ1) is 12.0. The molecule has 1 amide bonds. The molecule has 0 aliphatic heterocycles. The van der Waals surface area contributed by atoms with E-state index in [1.165, 1.54) is 0 Å². The van der Waals surface area contributed by atoms with Crippen LogP contribution in [0.5, 0.6) is 11.5 Å². The number of aliphatic hydroxyl groups excluding tert-OH is 1. The predicted octanol–water partition coefficient (Wildman–Crippen LogP) is 3.42. The van der Waals surface area contributed by atoms with Crippen molar-refractivity contribution in [3.8, 4) is 11.5 Å². The Labute approximate surface area is 176 Å². The van der Waals surface area contributed by atoms with E-state index >= 15 is 0 Å². The van der Waals surface area contributed by atoms with Gasteiger partial charge in [-0.1, -0.05) is 0 Å². The summed E-state index contributed by atoms with van der Waals surface area (Å²) in [6, 6.07) is 3.80. The second kappa shape index (κ2) is 11.1. The number of nitrogens with one attached hydrogen (secondary N) is 2. The molecule has 0 bridgehead atoms. The summed E-state index contributed by atoms with van der Waals surface area (Å²) in [5, 5.41) is 15.5. The van der Waals surface area contributed by atoms with Crippen molar-refractivity contribution >= 4 is 34.2 Å². The second-order valence-corrected chi connectivity index (χ2v) is 8.67. The number of ether oxygens (including phenoxy) is 2. The highest BCUT2D eigenvalue weighted by atomic mass is 79.9. The lowest BCUT2D eigenvalue weighted by Gasteiger charge is -2.24. The minimum Gasteiger partial charge on any atom is -0.490 e. The van der Waals surface area contributed by atoms with E-state index in [1.807, 2.05) is 53.7 Å². The van der Waals surface area contributed by atoms with E-state index in [-0.39, 0.29) is 42.6 Å². The topological polar surface area (TPSA) is 79.8 Å². The third-order valence-electron chi connectivity index (χ3n) is 3.40. The Hall–Kier alpha value is -1.02. The maximum Gasteiger partial charge on any atom is 0.258 e. The summed E-state index contributed by atoms with van der Waals surface area (Å²) in [4.78, 5) is 12.0. The molecule has 1 rings (SSSR count). The molecular weight excluding hydrogens is 436 g/mol. The number of hydrogen-bond acceptors (Lipinski definition) is 5. The summed E-state index contributed by atoms with van der Waals surface area (Å²) >= 11 is 3.50. The third-order valence-corrected chi connectivity index (χ3v) is 3.99. The van der Waals surface area contributed by atoms with Crippen molar-refractivity contribution in [2.45, 2.75) is 59.2 Å². The summed E-state index contributed by atoms with van der Waals surface area (Å²) in [5.74, 6) is 0.882. The first-order valence-electron chi connectivity index (χ1n) is 8.72. The molecule has 0 unspecified atom stereocenters. The normalized spacial score (nSPS) is 11.6. The number of benzene rings is 1. The fourth-order valence-corrected chi connectivity index (χ4v) is 2.72. The number of carbonyl (C=O) groups is 1. The number of carbonyl (C=O) groups excluding carboxylic acids is 1. The van der Waals surface area contributed by atoms with Gasteiger partial charge in [0, 0.05) is 17.6 Å². The standard InChI is InChI=1S/C19H31BrN2O4.ClH/c1-7-25-15-9-13(10-21-19(5,6)12-23)8-14(20)17(15)26-11-16(24)22-18(2,3)4;/h8-9,21,23H,7,10-12H2,1-6H3,(H,22,24);1H. The zero-order valence-corrected chi connectivity index (χ0v) is 19.3. The third kappa shape index (κ3) is 9.65. The Morgan fingerprint density at radius 3 is 2.33 bits per heavy atom. The van der Waals surface area contributed by atoms with Gasteiger partial charge in [0.25, 0.3) is 5.91 Å². The predicted molar refractivity (Wildman–Crippen MR) is 114 cm³/mol. The zero-order chi connectivity index (χ0) is 20.0. The van der Waals surface area contributed by atoms with Gasteiger partial charge in [-0.05, 0) is 75.2 Å². The first-order valence-corrected chi connectivity index (χ1v) is 9.51.